The van der Waals surface area contributed by atoms with Gasteiger partial charge < -0.3 is 15.4 Å². The smallest absolute Gasteiger partial charge is 0.410 e. The number of rotatable bonds is 2. The summed E-state index contributed by atoms with van der Waals surface area (Å²) in [5.74, 6) is -0.611. The molecule has 0 unspecified atom stereocenters. The standard InChI is InChI=1S/C17H24N2O3/c1-17(2,3)22-16(21)19-10-13(9-14(11-19)15(18)20)12-7-5-4-6-8-12/h4-8,13-14H,9-11H2,1-3H3,(H2,18,20)/t13-,14-/m0/s1. The van der Waals surface area contributed by atoms with Crippen LogP contribution in [0.3, 0.4) is 0 Å². The van der Waals surface area contributed by atoms with Gasteiger partial charge in [-0.05, 0) is 32.8 Å². The van der Waals surface area contributed by atoms with Crippen molar-refractivity contribution in [3.8, 4) is 0 Å². The number of benzene rings is 1. The summed E-state index contributed by atoms with van der Waals surface area (Å²) in [6.07, 6.45) is 0.276. The summed E-state index contributed by atoms with van der Waals surface area (Å²) < 4.78 is 5.42. The molecule has 22 heavy (non-hydrogen) atoms. The largest absolute Gasteiger partial charge is 0.444 e. The first-order valence-corrected chi connectivity index (χ1v) is 7.58. The van der Waals surface area contributed by atoms with Crippen molar-refractivity contribution in [2.24, 2.45) is 11.7 Å². The van der Waals surface area contributed by atoms with Gasteiger partial charge in [0.1, 0.15) is 5.60 Å². The fourth-order valence-electron chi connectivity index (χ4n) is 2.75. The minimum atomic E-state index is -0.557. The number of amides is 2. The van der Waals surface area contributed by atoms with Crippen molar-refractivity contribution in [1.29, 1.82) is 0 Å². The van der Waals surface area contributed by atoms with E-state index in [0.717, 1.165) is 5.56 Å². The predicted molar refractivity (Wildman–Crippen MR) is 84.3 cm³/mol. The number of likely N-dealkylation sites (tertiary alicyclic amines) is 1. The summed E-state index contributed by atoms with van der Waals surface area (Å²) in [6, 6.07) is 9.90. The normalized spacial score (nSPS) is 22.2. The van der Waals surface area contributed by atoms with E-state index in [0.29, 0.717) is 19.5 Å². The molecule has 1 aromatic rings. The zero-order chi connectivity index (χ0) is 16.3. The van der Waals surface area contributed by atoms with E-state index in [1.165, 1.54) is 0 Å². The highest BCUT2D eigenvalue weighted by atomic mass is 16.6. The van der Waals surface area contributed by atoms with Crippen LogP contribution in [0, 0.1) is 5.92 Å². The monoisotopic (exact) mass is 304 g/mol. The number of ether oxygens (including phenoxy) is 1. The van der Waals surface area contributed by atoms with Crippen LogP contribution in [0.2, 0.25) is 0 Å². The molecule has 1 aliphatic rings. The Bertz CT molecular complexity index is 537. The molecule has 1 saturated heterocycles. The first-order valence-electron chi connectivity index (χ1n) is 7.58. The third kappa shape index (κ3) is 4.23. The molecule has 1 aliphatic heterocycles. The second-order valence-electron chi connectivity index (χ2n) is 6.83. The first kappa shape index (κ1) is 16.3. The summed E-state index contributed by atoms with van der Waals surface area (Å²) in [6.45, 7) is 6.36. The van der Waals surface area contributed by atoms with E-state index in [1.807, 2.05) is 51.1 Å². The maximum absolute atomic E-state index is 12.3. The molecule has 0 bridgehead atoms. The lowest BCUT2D eigenvalue weighted by Gasteiger charge is -2.37. The molecule has 2 rings (SSSR count). The van der Waals surface area contributed by atoms with E-state index in [1.54, 1.807) is 4.90 Å². The van der Waals surface area contributed by atoms with E-state index in [4.69, 9.17) is 10.5 Å². The van der Waals surface area contributed by atoms with Gasteiger partial charge >= 0.3 is 6.09 Å². The van der Waals surface area contributed by atoms with Gasteiger partial charge in [0.05, 0.1) is 5.92 Å². The Labute approximate surface area is 131 Å². The van der Waals surface area contributed by atoms with Crippen molar-refractivity contribution < 1.29 is 14.3 Å². The van der Waals surface area contributed by atoms with Gasteiger partial charge in [-0.2, -0.15) is 0 Å². The SMILES string of the molecule is CC(C)(C)OC(=O)N1C[C@@H](C(N)=O)C[C@H](c2ccccc2)C1. The average molecular weight is 304 g/mol. The number of carbonyl (C=O) groups is 2. The molecule has 0 aromatic heterocycles. The van der Waals surface area contributed by atoms with Crippen LogP contribution in [0.4, 0.5) is 4.79 Å². The van der Waals surface area contributed by atoms with Crippen LogP contribution < -0.4 is 5.73 Å². The predicted octanol–water partition coefficient (Wildman–Crippen LogP) is 2.51. The molecule has 2 N–H and O–H groups in total. The number of piperidine rings is 1. The van der Waals surface area contributed by atoms with Gasteiger partial charge in [-0.3, -0.25) is 4.79 Å². The highest BCUT2D eigenvalue weighted by molar-refractivity contribution is 5.78. The summed E-state index contributed by atoms with van der Waals surface area (Å²) in [4.78, 5) is 25.5. The molecule has 2 atom stereocenters. The van der Waals surface area contributed by atoms with Gasteiger partial charge in [-0.25, -0.2) is 4.79 Å². The van der Waals surface area contributed by atoms with Crippen molar-refractivity contribution in [3.63, 3.8) is 0 Å². The maximum Gasteiger partial charge on any atom is 0.410 e. The lowest BCUT2D eigenvalue weighted by Crippen LogP contribution is -2.48. The highest BCUT2D eigenvalue weighted by Crippen LogP contribution is 2.31. The zero-order valence-corrected chi connectivity index (χ0v) is 13.4. The number of nitrogens with two attached hydrogens (primary N) is 1. The molecule has 0 aliphatic carbocycles. The van der Waals surface area contributed by atoms with E-state index in [-0.39, 0.29) is 23.8 Å². The zero-order valence-electron chi connectivity index (χ0n) is 13.4. The number of hydrogen-bond acceptors (Lipinski definition) is 3. The van der Waals surface area contributed by atoms with Gasteiger partial charge in [0.25, 0.3) is 0 Å². The van der Waals surface area contributed by atoms with Gasteiger partial charge in [0, 0.05) is 19.0 Å². The van der Waals surface area contributed by atoms with Crippen LogP contribution in [0.5, 0.6) is 0 Å². The van der Waals surface area contributed by atoms with Crippen molar-refractivity contribution in [1.82, 2.24) is 4.90 Å². The maximum atomic E-state index is 12.3. The van der Waals surface area contributed by atoms with Crippen LogP contribution in [-0.4, -0.2) is 35.6 Å². The molecule has 0 radical (unpaired) electrons. The molecule has 5 heteroatoms. The van der Waals surface area contributed by atoms with Crippen LogP contribution in [0.25, 0.3) is 0 Å². The number of primary amides is 1. The van der Waals surface area contributed by atoms with E-state index >= 15 is 0 Å². The second-order valence-corrected chi connectivity index (χ2v) is 6.83. The van der Waals surface area contributed by atoms with E-state index < -0.39 is 5.60 Å². The molecule has 1 aromatic carbocycles. The average Bonchev–Trinajstić information content (AvgIpc) is 2.46. The number of hydrogen-bond donors (Lipinski definition) is 1. The molecule has 120 valence electrons. The third-order valence-electron chi connectivity index (χ3n) is 3.78. The topological polar surface area (TPSA) is 72.6 Å². The Morgan fingerprint density at radius 3 is 2.36 bits per heavy atom. The van der Waals surface area contributed by atoms with Gasteiger partial charge in [0.15, 0.2) is 0 Å². The molecule has 5 nitrogen and oxygen atoms in total. The lowest BCUT2D eigenvalue weighted by atomic mass is 9.84. The quantitative estimate of drug-likeness (QED) is 0.912. The summed E-state index contributed by atoms with van der Waals surface area (Å²) in [7, 11) is 0. The van der Waals surface area contributed by atoms with Crippen LogP contribution in [0.1, 0.15) is 38.7 Å². The van der Waals surface area contributed by atoms with Crippen molar-refractivity contribution in [2.75, 3.05) is 13.1 Å². The van der Waals surface area contributed by atoms with E-state index in [2.05, 4.69) is 0 Å². The molecule has 0 saturated carbocycles. The summed E-state index contributed by atoms with van der Waals surface area (Å²) >= 11 is 0. The van der Waals surface area contributed by atoms with Crippen LogP contribution in [-0.2, 0) is 9.53 Å². The minimum Gasteiger partial charge on any atom is -0.444 e. The van der Waals surface area contributed by atoms with Crippen molar-refractivity contribution in [3.05, 3.63) is 35.9 Å². The number of carbonyl (C=O) groups excluding carboxylic acids is 2. The molecular formula is C17H24N2O3. The summed E-state index contributed by atoms with van der Waals surface area (Å²) in [5.41, 5.74) is 6.04. The fraction of sp³-hybridized carbons (Fsp3) is 0.529. The van der Waals surface area contributed by atoms with Crippen LogP contribution in [0.15, 0.2) is 30.3 Å². The summed E-state index contributed by atoms with van der Waals surface area (Å²) in [5, 5.41) is 0. The Balaban J connectivity index is 2.17. The molecule has 1 heterocycles. The van der Waals surface area contributed by atoms with Crippen molar-refractivity contribution >= 4 is 12.0 Å². The first-order chi connectivity index (χ1) is 10.3. The number of nitrogens with zero attached hydrogens (tertiary/aromatic N) is 1. The Morgan fingerprint density at radius 2 is 1.82 bits per heavy atom. The van der Waals surface area contributed by atoms with Crippen molar-refractivity contribution in [2.45, 2.75) is 38.7 Å². The van der Waals surface area contributed by atoms with Gasteiger partial charge in [-0.15, -0.1) is 0 Å². The Morgan fingerprint density at radius 1 is 1.18 bits per heavy atom. The minimum absolute atomic E-state index is 0.0972. The molecule has 0 spiro atoms. The second kappa shape index (κ2) is 6.38. The Kier molecular flexibility index (Phi) is 4.74. The van der Waals surface area contributed by atoms with Gasteiger partial charge in [-0.1, -0.05) is 30.3 Å². The van der Waals surface area contributed by atoms with Crippen LogP contribution >= 0.6 is 0 Å². The molecule has 2 amide bonds. The van der Waals surface area contributed by atoms with E-state index in [9.17, 15) is 9.59 Å². The Hall–Kier alpha value is -2.04. The molecule has 1 fully saturated rings. The lowest BCUT2D eigenvalue weighted by molar-refractivity contribution is -0.123. The third-order valence-corrected chi connectivity index (χ3v) is 3.78. The van der Waals surface area contributed by atoms with Gasteiger partial charge in [0.2, 0.25) is 5.91 Å². The highest BCUT2D eigenvalue weighted by Gasteiger charge is 2.35. The molecular weight excluding hydrogens is 280 g/mol. The fourth-order valence-corrected chi connectivity index (χ4v) is 2.75.